The fraction of sp³-hybridized carbons (Fsp3) is 0.667. The fourth-order valence-electron chi connectivity index (χ4n) is 0.0500. The molecule has 0 saturated carbocycles. The topological polar surface area (TPSA) is 44.0 Å². The monoisotopic (exact) mass is 95.0 g/mol. The summed E-state index contributed by atoms with van der Waals surface area (Å²) >= 11 is 0. The molecule has 0 aromatic rings. The molecule has 0 aliphatic rings. The van der Waals surface area contributed by atoms with Crippen LogP contribution in [0.15, 0.2) is 0 Å². The molecule has 0 rings (SSSR count). The molecule has 0 heterocycles. The molecule has 3 heteroatoms. The van der Waals surface area contributed by atoms with Crippen LogP contribution in [0, 0.1) is 11.3 Å². The Morgan fingerprint density at radius 2 is 2.17 bits per heavy atom. The number of aliphatic hydroxyl groups is 1. The molecule has 0 saturated heterocycles. The Morgan fingerprint density at radius 1 is 1.67 bits per heavy atom. The van der Waals surface area contributed by atoms with Gasteiger partial charge in [0.05, 0.1) is 19.1 Å². The molecule has 0 aliphatic heterocycles. The van der Waals surface area contributed by atoms with Crippen LogP contribution >= 0.6 is 0 Å². The van der Waals surface area contributed by atoms with E-state index in [1.165, 1.54) is 0 Å². The quantitative estimate of drug-likeness (QED) is 0.435. The third-order valence-electron chi connectivity index (χ3n) is 0.224. The predicted octanol–water partition coefficient (Wildman–Crippen LogP) is -0.756. The normalized spacial score (nSPS) is 5.33. The van der Waals surface area contributed by atoms with Gasteiger partial charge in [-0.3, -0.25) is 0 Å². The molecule has 0 radical (unpaired) electrons. The van der Waals surface area contributed by atoms with Gasteiger partial charge in [0.15, 0.2) is 0 Å². The summed E-state index contributed by atoms with van der Waals surface area (Å²) < 4.78 is 0. The molecule has 0 atom stereocenters. The van der Waals surface area contributed by atoms with Gasteiger partial charge in [0.1, 0.15) is 0 Å². The summed E-state index contributed by atoms with van der Waals surface area (Å²) in [5, 5.41) is 15.5. The first kappa shape index (κ1) is 9.67. The Morgan fingerprint density at radius 3 is 2.17 bits per heavy atom. The van der Waals surface area contributed by atoms with Crippen LogP contribution in [-0.4, -0.2) is 41.3 Å². The van der Waals surface area contributed by atoms with Gasteiger partial charge in [0.25, 0.3) is 0 Å². The summed E-state index contributed by atoms with van der Waals surface area (Å²) in [6.07, 6.45) is 0.250. The standard InChI is InChI=1S/C3H5NO.Na.H/c4-2-1-3-5;;/h5H,1,3H2;;. The summed E-state index contributed by atoms with van der Waals surface area (Å²) in [6.45, 7) is -0.0174. The molecule has 0 bridgehead atoms. The fourth-order valence-corrected chi connectivity index (χ4v) is 0.0500. The molecule has 6 heavy (non-hydrogen) atoms. The van der Waals surface area contributed by atoms with E-state index in [2.05, 4.69) is 0 Å². The SMILES string of the molecule is N#CCCO.[NaH]. The summed E-state index contributed by atoms with van der Waals surface area (Å²) in [5.41, 5.74) is 0. The van der Waals surface area contributed by atoms with E-state index in [1.54, 1.807) is 6.07 Å². The van der Waals surface area contributed by atoms with Crippen LogP contribution in [0.3, 0.4) is 0 Å². The van der Waals surface area contributed by atoms with Crippen molar-refractivity contribution in [2.45, 2.75) is 6.42 Å². The van der Waals surface area contributed by atoms with Crippen LogP contribution in [0.5, 0.6) is 0 Å². The predicted molar refractivity (Wildman–Crippen MR) is 24.5 cm³/mol. The maximum absolute atomic E-state index is 7.84. The van der Waals surface area contributed by atoms with Crippen molar-refractivity contribution in [1.29, 1.82) is 5.26 Å². The first-order valence-electron chi connectivity index (χ1n) is 1.39. The van der Waals surface area contributed by atoms with Gasteiger partial charge in [-0.15, -0.1) is 0 Å². The zero-order chi connectivity index (χ0) is 4.12. The Balaban J connectivity index is 0. The minimum atomic E-state index is -0.0174. The molecular formula is C3H6NNaO. The van der Waals surface area contributed by atoms with Crippen molar-refractivity contribution in [2.24, 2.45) is 0 Å². The van der Waals surface area contributed by atoms with E-state index in [4.69, 9.17) is 10.4 Å². The van der Waals surface area contributed by atoms with Crippen LogP contribution < -0.4 is 0 Å². The van der Waals surface area contributed by atoms with E-state index >= 15 is 0 Å². The second-order valence-electron chi connectivity index (χ2n) is 0.632. The van der Waals surface area contributed by atoms with Crippen molar-refractivity contribution < 1.29 is 5.11 Å². The van der Waals surface area contributed by atoms with Crippen LogP contribution in [-0.2, 0) is 0 Å². The number of nitrogens with zero attached hydrogens (tertiary/aromatic N) is 1. The van der Waals surface area contributed by atoms with E-state index in [0.29, 0.717) is 0 Å². The number of nitriles is 1. The molecule has 0 unspecified atom stereocenters. The van der Waals surface area contributed by atoms with E-state index < -0.39 is 0 Å². The van der Waals surface area contributed by atoms with Gasteiger partial charge in [0.2, 0.25) is 0 Å². The summed E-state index contributed by atoms with van der Waals surface area (Å²) in [7, 11) is 0. The molecule has 1 N–H and O–H groups in total. The van der Waals surface area contributed by atoms with Gasteiger partial charge in [-0.1, -0.05) is 0 Å². The van der Waals surface area contributed by atoms with Crippen molar-refractivity contribution in [3.05, 3.63) is 0 Å². The molecule has 0 aliphatic carbocycles. The van der Waals surface area contributed by atoms with Crippen molar-refractivity contribution in [1.82, 2.24) is 0 Å². The van der Waals surface area contributed by atoms with E-state index in [1.807, 2.05) is 0 Å². The number of aliphatic hydroxyl groups excluding tert-OH is 1. The second kappa shape index (κ2) is 9.07. The van der Waals surface area contributed by atoms with Gasteiger partial charge in [-0.25, -0.2) is 0 Å². The van der Waals surface area contributed by atoms with Crippen molar-refractivity contribution in [3.8, 4) is 6.07 Å². The van der Waals surface area contributed by atoms with Gasteiger partial charge in [-0.2, -0.15) is 5.26 Å². The first-order chi connectivity index (χ1) is 2.41. The minimum absolute atomic E-state index is 0. The molecule has 0 aromatic heterocycles. The Bertz CT molecular complexity index is 49.2. The molecule has 0 aromatic carbocycles. The first-order valence-corrected chi connectivity index (χ1v) is 1.39. The van der Waals surface area contributed by atoms with E-state index in [-0.39, 0.29) is 42.6 Å². The number of hydrogen-bond acceptors (Lipinski definition) is 2. The van der Waals surface area contributed by atoms with Crippen LogP contribution in [0.1, 0.15) is 6.42 Å². The van der Waals surface area contributed by atoms with Crippen molar-refractivity contribution in [3.63, 3.8) is 0 Å². The van der Waals surface area contributed by atoms with E-state index in [0.717, 1.165) is 0 Å². The van der Waals surface area contributed by atoms with Crippen molar-refractivity contribution in [2.75, 3.05) is 6.61 Å². The number of rotatable bonds is 1. The molecule has 2 nitrogen and oxygen atoms in total. The molecule has 0 amide bonds. The van der Waals surface area contributed by atoms with Crippen LogP contribution in [0.4, 0.5) is 0 Å². The molecule has 30 valence electrons. The maximum atomic E-state index is 7.84. The number of hydrogen-bond donors (Lipinski definition) is 1. The van der Waals surface area contributed by atoms with Gasteiger partial charge in [0, 0.05) is 0 Å². The van der Waals surface area contributed by atoms with Gasteiger partial charge in [-0.05, 0) is 0 Å². The summed E-state index contributed by atoms with van der Waals surface area (Å²) in [5.74, 6) is 0. The van der Waals surface area contributed by atoms with Crippen LogP contribution in [0.25, 0.3) is 0 Å². The molecule has 0 fully saturated rings. The zero-order valence-electron chi connectivity index (χ0n) is 2.81. The molecule has 0 spiro atoms. The second-order valence-corrected chi connectivity index (χ2v) is 0.632. The Kier molecular flexibility index (Phi) is 14.6. The van der Waals surface area contributed by atoms with Crippen LogP contribution in [0.2, 0.25) is 0 Å². The Hall–Kier alpha value is 0.450. The Labute approximate surface area is 59.1 Å². The van der Waals surface area contributed by atoms with E-state index in [9.17, 15) is 0 Å². The zero-order valence-corrected chi connectivity index (χ0v) is 2.81. The molecular weight excluding hydrogens is 89.0 g/mol. The average Bonchev–Trinajstić information content (AvgIpc) is 1.41. The van der Waals surface area contributed by atoms with Gasteiger partial charge < -0.3 is 5.11 Å². The third-order valence-corrected chi connectivity index (χ3v) is 0.224. The summed E-state index contributed by atoms with van der Waals surface area (Å²) in [4.78, 5) is 0. The third kappa shape index (κ3) is 8.82. The van der Waals surface area contributed by atoms with Gasteiger partial charge >= 0.3 is 29.6 Å². The van der Waals surface area contributed by atoms with Crippen molar-refractivity contribution >= 4 is 29.6 Å². The summed E-state index contributed by atoms with van der Waals surface area (Å²) in [6, 6.07) is 1.77. The average molecular weight is 95.1 g/mol.